The van der Waals surface area contributed by atoms with E-state index in [4.69, 9.17) is 15.3 Å². The molecule has 0 spiro atoms. The summed E-state index contributed by atoms with van der Waals surface area (Å²) in [7, 11) is 1.66. The number of aromatic nitrogens is 5. The Morgan fingerprint density at radius 2 is 2.14 bits per heavy atom. The molecule has 0 aliphatic heterocycles. The summed E-state index contributed by atoms with van der Waals surface area (Å²) in [6.07, 6.45) is 5.61. The minimum atomic E-state index is -0.269. The molecule has 0 aliphatic carbocycles. The first kappa shape index (κ1) is 15.1. The number of nitrogens with one attached hydrogen (secondary N) is 1. The van der Waals surface area contributed by atoms with E-state index in [9.17, 15) is 0 Å². The van der Waals surface area contributed by atoms with Crippen LogP contribution in [0.1, 0.15) is 20.3 Å². The predicted octanol–water partition coefficient (Wildman–Crippen LogP) is 0.537. The molecule has 0 radical (unpaired) electrons. The third-order valence-corrected chi connectivity index (χ3v) is 2.96. The topological polar surface area (TPSA) is 113 Å². The maximum absolute atomic E-state index is 5.55. The number of nitrogens with zero attached hydrogens (tertiary/aromatic N) is 5. The van der Waals surface area contributed by atoms with Crippen LogP contribution in [0.2, 0.25) is 0 Å². The number of hydrazine groups is 1. The summed E-state index contributed by atoms with van der Waals surface area (Å²) in [6.45, 7) is 4.37. The van der Waals surface area contributed by atoms with Gasteiger partial charge in [0.1, 0.15) is 6.33 Å². The number of hydrogen-bond donors (Lipinski definition) is 2. The van der Waals surface area contributed by atoms with Crippen LogP contribution < -0.4 is 16.0 Å². The van der Waals surface area contributed by atoms with Gasteiger partial charge in [0.25, 0.3) is 0 Å². The lowest BCUT2D eigenvalue weighted by Crippen LogP contribution is -2.25. The molecule has 0 bridgehead atoms. The molecule has 2 rings (SSSR count). The Hall–Kier alpha value is -2.26. The minimum Gasteiger partial charge on any atom is -0.463 e. The van der Waals surface area contributed by atoms with Gasteiger partial charge < -0.3 is 9.47 Å². The highest BCUT2D eigenvalue weighted by molar-refractivity contribution is 5.28. The Morgan fingerprint density at radius 1 is 1.33 bits per heavy atom. The number of nitrogens with two attached hydrogens (primary N) is 1. The van der Waals surface area contributed by atoms with Gasteiger partial charge in [-0.05, 0) is 13.8 Å². The number of anilines is 1. The van der Waals surface area contributed by atoms with Gasteiger partial charge in [-0.3, -0.25) is 9.99 Å². The van der Waals surface area contributed by atoms with Crippen LogP contribution in [0.15, 0.2) is 18.7 Å². The molecule has 0 amide bonds. The Balaban J connectivity index is 2.10. The summed E-state index contributed by atoms with van der Waals surface area (Å²) in [6, 6.07) is 0.188. The molecule has 0 saturated heterocycles. The second kappa shape index (κ2) is 6.46. The number of hydrogen-bond acceptors (Lipinski definition) is 8. The number of ether oxygens (including phenoxy) is 2. The van der Waals surface area contributed by atoms with Gasteiger partial charge in [-0.15, -0.1) is 0 Å². The van der Waals surface area contributed by atoms with Gasteiger partial charge in [0, 0.05) is 25.9 Å². The van der Waals surface area contributed by atoms with E-state index >= 15 is 0 Å². The molecule has 0 atom stereocenters. The first-order valence-electron chi connectivity index (χ1n) is 6.43. The van der Waals surface area contributed by atoms with Crippen LogP contribution >= 0.6 is 0 Å². The fourth-order valence-electron chi connectivity index (χ4n) is 1.46. The highest BCUT2D eigenvalue weighted by Crippen LogP contribution is 2.15. The molecule has 0 saturated carbocycles. The highest BCUT2D eigenvalue weighted by Gasteiger charge is 2.17. The molecule has 9 heteroatoms. The monoisotopic (exact) mass is 293 g/mol. The Labute approximate surface area is 122 Å². The molecule has 3 N–H and O–H groups in total. The van der Waals surface area contributed by atoms with Gasteiger partial charge in [-0.1, -0.05) is 0 Å². The first-order valence-corrected chi connectivity index (χ1v) is 6.43. The molecule has 2 heterocycles. The van der Waals surface area contributed by atoms with Crippen LogP contribution in [0.25, 0.3) is 5.95 Å². The van der Waals surface area contributed by atoms with Crippen molar-refractivity contribution in [2.24, 2.45) is 5.84 Å². The fourth-order valence-corrected chi connectivity index (χ4v) is 1.46. The smallest absolute Gasteiger partial charge is 0.323 e. The standard InChI is InChI=1S/C12H19N7O2/c1-12(2,20-3)4-7-21-11-16-9(18-13)15-10(17-11)19-6-5-14-8-19/h5-6,8H,4,7,13H2,1-3H3,(H,15,16,17,18). The van der Waals surface area contributed by atoms with Crippen molar-refractivity contribution in [2.75, 3.05) is 19.1 Å². The second-order valence-corrected chi connectivity index (χ2v) is 4.92. The number of nitrogen functional groups attached to an aromatic ring is 1. The molecule has 0 fully saturated rings. The third kappa shape index (κ3) is 4.10. The van der Waals surface area contributed by atoms with Crippen LogP contribution in [-0.4, -0.2) is 43.8 Å². The first-order chi connectivity index (χ1) is 10.0. The molecule has 114 valence electrons. The molecule has 0 unspecified atom stereocenters. The van der Waals surface area contributed by atoms with E-state index in [0.29, 0.717) is 19.0 Å². The Kier molecular flexibility index (Phi) is 4.66. The number of imidazole rings is 1. The lowest BCUT2D eigenvalue weighted by atomic mass is 10.1. The van der Waals surface area contributed by atoms with Crippen LogP contribution in [0.4, 0.5) is 5.95 Å². The SMILES string of the molecule is COC(C)(C)CCOc1nc(NN)nc(-n2ccnc2)n1. The average Bonchev–Trinajstić information content (AvgIpc) is 3.01. The van der Waals surface area contributed by atoms with Gasteiger partial charge in [0.05, 0.1) is 12.2 Å². The minimum absolute atomic E-state index is 0.188. The van der Waals surface area contributed by atoms with E-state index in [-0.39, 0.29) is 17.6 Å². The van der Waals surface area contributed by atoms with E-state index in [1.54, 1.807) is 30.4 Å². The number of methoxy groups -OCH3 is 1. The Morgan fingerprint density at radius 3 is 2.76 bits per heavy atom. The van der Waals surface area contributed by atoms with E-state index in [2.05, 4.69) is 25.4 Å². The molecular formula is C12H19N7O2. The second-order valence-electron chi connectivity index (χ2n) is 4.92. The quantitative estimate of drug-likeness (QED) is 0.561. The van der Waals surface area contributed by atoms with Crippen LogP contribution in [0.3, 0.4) is 0 Å². The van der Waals surface area contributed by atoms with Crippen LogP contribution in [0, 0.1) is 0 Å². The van der Waals surface area contributed by atoms with E-state index in [1.807, 2.05) is 13.8 Å². The van der Waals surface area contributed by atoms with Crippen molar-refractivity contribution in [3.63, 3.8) is 0 Å². The Bertz CT molecular complexity index is 571. The van der Waals surface area contributed by atoms with Crippen molar-refractivity contribution >= 4 is 5.95 Å². The molecule has 2 aromatic heterocycles. The molecule has 0 aromatic carbocycles. The van der Waals surface area contributed by atoms with Crippen molar-refractivity contribution < 1.29 is 9.47 Å². The molecule has 21 heavy (non-hydrogen) atoms. The number of rotatable bonds is 7. The zero-order valence-electron chi connectivity index (χ0n) is 12.3. The largest absolute Gasteiger partial charge is 0.463 e. The lowest BCUT2D eigenvalue weighted by molar-refractivity contribution is 0.00467. The highest BCUT2D eigenvalue weighted by atomic mass is 16.5. The summed E-state index contributed by atoms with van der Waals surface area (Å²) in [5.41, 5.74) is 2.12. The van der Waals surface area contributed by atoms with Crippen molar-refractivity contribution in [3.8, 4) is 12.0 Å². The van der Waals surface area contributed by atoms with Gasteiger partial charge in [-0.2, -0.15) is 15.0 Å². The van der Waals surface area contributed by atoms with E-state index in [0.717, 1.165) is 0 Å². The van der Waals surface area contributed by atoms with Gasteiger partial charge in [0.2, 0.25) is 11.9 Å². The third-order valence-electron chi connectivity index (χ3n) is 2.96. The maximum atomic E-state index is 5.55. The molecule has 0 aliphatic rings. The lowest BCUT2D eigenvalue weighted by Gasteiger charge is -2.22. The summed E-state index contributed by atoms with van der Waals surface area (Å²) < 4.78 is 12.5. The van der Waals surface area contributed by atoms with Crippen LogP contribution in [-0.2, 0) is 4.74 Å². The van der Waals surface area contributed by atoms with Crippen LogP contribution in [0.5, 0.6) is 6.01 Å². The molecule has 9 nitrogen and oxygen atoms in total. The maximum Gasteiger partial charge on any atom is 0.323 e. The summed E-state index contributed by atoms with van der Waals surface area (Å²) in [5, 5.41) is 0. The zero-order chi connectivity index (χ0) is 15.3. The van der Waals surface area contributed by atoms with Crippen molar-refractivity contribution in [2.45, 2.75) is 25.9 Å². The molecule has 2 aromatic rings. The van der Waals surface area contributed by atoms with Gasteiger partial charge >= 0.3 is 6.01 Å². The average molecular weight is 293 g/mol. The summed E-state index contributed by atoms with van der Waals surface area (Å²) >= 11 is 0. The van der Waals surface area contributed by atoms with Crippen molar-refractivity contribution in [1.29, 1.82) is 0 Å². The van der Waals surface area contributed by atoms with Gasteiger partial charge in [-0.25, -0.2) is 10.8 Å². The van der Waals surface area contributed by atoms with E-state index < -0.39 is 0 Å². The van der Waals surface area contributed by atoms with E-state index in [1.165, 1.54) is 0 Å². The fraction of sp³-hybridized carbons (Fsp3) is 0.500. The van der Waals surface area contributed by atoms with Crippen molar-refractivity contribution in [1.82, 2.24) is 24.5 Å². The normalized spacial score (nSPS) is 11.4. The summed E-state index contributed by atoms with van der Waals surface area (Å²) in [5.74, 6) is 5.95. The van der Waals surface area contributed by atoms with Crippen molar-refractivity contribution in [3.05, 3.63) is 18.7 Å². The van der Waals surface area contributed by atoms with Gasteiger partial charge in [0.15, 0.2) is 0 Å². The zero-order valence-corrected chi connectivity index (χ0v) is 12.3. The summed E-state index contributed by atoms with van der Waals surface area (Å²) in [4.78, 5) is 16.3. The predicted molar refractivity (Wildman–Crippen MR) is 76.0 cm³/mol. The molecular weight excluding hydrogens is 274 g/mol.